The maximum absolute atomic E-state index is 13.4. The topological polar surface area (TPSA) is 126 Å². The summed E-state index contributed by atoms with van der Waals surface area (Å²) >= 11 is 0. The van der Waals surface area contributed by atoms with Gasteiger partial charge >= 0.3 is 17.9 Å². The second-order valence-electron chi connectivity index (χ2n) is 14.5. The van der Waals surface area contributed by atoms with Crippen LogP contribution in [0, 0.1) is 10.8 Å². The fourth-order valence-electron chi connectivity index (χ4n) is 4.83. The van der Waals surface area contributed by atoms with E-state index < -0.39 is 44.2 Å². The molecule has 0 radical (unpaired) electrons. The quantitative estimate of drug-likeness (QED) is 0.0557. The normalized spacial score (nSPS) is 13.1. The lowest BCUT2D eigenvalue weighted by Crippen LogP contribution is -2.45. The molecule has 1 amide bonds. The van der Waals surface area contributed by atoms with E-state index in [9.17, 15) is 18.9 Å². The molecular formula is C40H54NO9P. The Morgan fingerprint density at radius 1 is 0.725 bits per heavy atom. The van der Waals surface area contributed by atoms with E-state index in [-0.39, 0.29) is 12.3 Å². The van der Waals surface area contributed by atoms with Crippen LogP contribution >= 0.6 is 8.69 Å². The maximum Gasteiger partial charge on any atom is 0.341 e. The van der Waals surface area contributed by atoms with Crippen molar-refractivity contribution in [3.8, 4) is 16.9 Å². The van der Waals surface area contributed by atoms with Gasteiger partial charge in [0.2, 0.25) is 0 Å². The predicted molar refractivity (Wildman–Crippen MR) is 200 cm³/mol. The number of anilines is 1. The number of rotatable bonds is 19. The number of amides is 1. The molecule has 278 valence electrons. The molecule has 3 aromatic rings. The summed E-state index contributed by atoms with van der Waals surface area (Å²) in [5, 5.41) is 2.91. The fraction of sp³-hybridized carbons (Fsp3) is 0.475. The molecule has 3 aromatic carbocycles. The molecule has 51 heavy (non-hydrogen) atoms. The number of carbonyl (C=O) groups is 3. The van der Waals surface area contributed by atoms with Crippen molar-refractivity contribution in [2.75, 3.05) is 18.7 Å². The number of unbranched alkanes of at least 4 members (excludes halogenated alkanes) is 5. The number of hydrogen-bond donors (Lipinski definition) is 1. The summed E-state index contributed by atoms with van der Waals surface area (Å²) in [6.45, 7) is 12.2. The number of ether oxygens (including phenoxy) is 4. The van der Waals surface area contributed by atoms with Crippen molar-refractivity contribution in [2.24, 2.45) is 10.8 Å². The second-order valence-corrected chi connectivity index (χ2v) is 14.9. The van der Waals surface area contributed by atoms with Crippen LogP contribution in [0.1, 0.15) is 103 Å². The third-order valence-corrected chi connectivity index (χ3v) is 8.40. The first-order valence-corrected chi connectivity index (χ1v) is 18.5. The summed E-state index contributed by atoms with van der Waals surface area (Å²) in [5.41, 5.74) is 1.41. The fourth-order valence-corrected chi connectivity index (χ4v) is 5.17. The third-order valence-electron chi connectivity index (χ3n) is 7.94. The Morgan fingerprint density at radius 2 is 1.31 bits per heavy atom. The molecule has 10 nitrogen and oxygen atoms in total. The van der Waals surface area contributed by atoms with Gasteiger partial charge in [-0.25, -0.2) is 0 Å². The van der Waals surface area contributed by atoms with E-state index in [1.807, 2.05) is 36.4 Å². The molecule has 0 fully saturated rings. The number of esters is 2. The van der Waals surface area contributed by atoms with Gasteiger partial charge in [0.15, 0.2) is 15.5 Å². The van der Waals surface area contributed by atoms with E-state index in [1.165, 1.54) is 32.1 Å². The van der Waals surface area contributed by atoms with Gasteiger partial charge in [-0.3, -0.25) is 28.2 Å². The van der Waals surface area contributed by atoms with Gasteiger partial charge in [-0.05, 0) is 95.0 Å². The first kappa shape index (κ1) is 41.4. The average Bonchev–Trinajstić information content (AvgIpc) is 3.08. The molecule has 11 heteroatoms. The molecule has 0 aliphatic heterocycles. The smallest absolute Gasteiger partial charge is 0.341 e. The molecule has 0 aliphatic carbocycles. The predicted octanol–water partition coefficient (Wildman–Crippen LogP) is 9.38. The molecule has 2 unspecified atom stereocenters. The van der Waals surface area contributed by atoms with E-state index in [0.717, 1.165) is 23.3 Å². The molecule has 3 rings (SSSR count). The zero-order valence-electron chi connectivity index (χ0n) is 31.0. The molecule has 0 saturated heterocycles. The SMILES string of the molecule is CCCCCCCCOc1ccc(-c2ccc(C(=O)Nc3ccccc3CC(OCOC(=O)C(C)(C)C)(O[PH2]=O)OC(=O)C(C)(C)C)cc2)cc1. The second kappa shape index (κ2) is 19.6. The zero-order chi connectivity index (χ0) is 37.5. The molecule has 0 heterocycles. The highest BCUT2D eigenvalue weighted by atomic mass is 31.1. The minimum Gasteiger partial charge on any atom is -0.494 e. The van der Waals surface area contributed by atoms with Gasteiger partial charge in [0, 0.05) is 11.3 Å². The Bertz CT molecular complexity index is 1580. The first-order chi connectivity index (χ1) is 24.2. The Labute approximate surface area is 303 Å². The van der Waals surface area contributed by atoms with Gasteiger partial charge in [-0.15, -0.1) is 0 Å². The number of hydrogen-bond acceptors (Lipinski definition) is 9. The zero-order valence-corrected chi connectivity index (χ0v) is 32.2. The van der Waals surface area contributed by atoms with Crippen LogP contribution in [-0.4, -0.2) is 37.2 Å². The highest BCUT2D eigenvalue weighted by molar-refractivity contribution is 7.17. The van der Waals surface area contributed by atoms with E-state index in [2.05, 4.69) is 12.2 Å². The van der Waals surface area contributed by atoms with Crippen LogP contribution in [0.3, 0.4) is 0 Å². The minimum atomic E-state index is -2.21. The Morgan fingerprint density at radius 3 is 1.92 bits per heavy atom. The van der Waals surface area contributed by atoms with Crippen molar-refractivity contribution < 1.29 is 42.4 Å². The Balaban J connectivity index is 1.72. The van der Waals surface area contributed by atoms with Crippen LogP contribution in [0.15, 0.2) is 72.8 Å². The summed E-state index contributed by atoms with van der Waals surface area (Å²) in [5.74, 6) is -3.01. The van der Waals surface area contributed by atoms with E-state index >= 15 is 0 Å². The molecule has 2 atom stereocenters. The van der Waals surface area contributed by atoms with Crippen LogP contribution < -0.4 is 10.1 Å². The number of para-hydroxylation sites is 1. The standard InChI is InChI=1S/C40H54NO9P/c1-8-9-10-11-12-15-26-46-33-24-22-30(23-25-33)29-18-20-31(21-19-29)35(42)41-34-17-14-13-16-32(34)27-40(50-51-45,49-37(44)39(5,6)7)48-28-47-36(43)38(2,3)4/h13-14,16-25H,8-12,15,26-28,51H2,1-7H3,(H,41,42). The number of carbonyl (C=O) groups excluding carboxylic acids is 3. The van der Waals surface area contributed by atoms with Crippen LogP contribution in [0.5, 0.6) is 5.75 Å². The number of benzene rings is 3. The van der Waals surface area contributed by atoms with Crippen molar-refractivity contribution in [2.45, 2.75) is 99.4 Å². The maximum atomic E-state index is 13.4. The molecule has 1 N–H and O–H groups in total. The lowest BCUT2D eigenvalue weighted by atomic mass is 9.97. The van der Waals surface area contributed by atoms with E-state index in [0.29, 0.717) is 23.4 Å². The van der Waals surface area contributed by atoms with Crippen LogP contribution in [0.2, 0.25) is 0 Å². The Hall–Kier alpha value is -3.98. The highest BCUT2D eigenvalue weighted by Gasteiger charge is 2.42. The van der Waals surface area contributed by atoms with Crippen molar-refractivity contribution in [3.05, 3.63) is 83.9 Å². The van der Waals surface area contributed by atoms with Gasteiger partial charge in [-0.1, -0.05) is 81.5 Å². The van der Waals surface area contributed by atoms with Gasteiger partial charge < -0.3 is 19.5 Å². The minimum absolute atomic E-state index is 0.273. The van der Waals surface area contributed by atoms with Crippen LogP contribution in [-0.2, 0) is 39.3 Å². The van der Waals surface area contributed by atoms with Crippen molar-refractivity contribution in [1.82, 2.24) is 0 Å². The summed E-state index contributed by atoms with van der Waals surface area (Å²) in [6, 6.07) is 22.0. The van der Waals surface area contributed by atoms with Crippen LogP contribution in [0.4, 0.5) is 5.69 Å². The summed E-state index contributed by atoms with van der Waals surface area (Å²) in [6.07, 6.45) is 7.01. The van der Waals surface area contributed by atoms with Crippen molar-refractivity contribution in [3.63, 3.8) is 0 Å². The van der Waals surface area contributed by atoms with Gasteiger partial charge in [-0.2, -0.15) is 0 Å². The van der Waals surface area contributed by atoms with E-state index in [4.69, 9.17) is 23.5 Å². The van der Waals surface area contributed by atoms with E-state index in [1.54, 1.807) is 77.9 Å². The largest absolute Gasteiger partial charge is 0.494 e. The van der Waals surface area contributed by atoms with Gasteiger partial charge in [0.1, 0.15) is 5.75 Å². The molecule has 0 spiro atoms. The van der Waals surface area contributed by atoms with Gasteiger partial charge in [0.05, 0.1) is 23.9 Å². The lowest BCUT2D eigenvalue weighted by Gasteiger charge is -2.33. The van der Waals surface area contributed by atoms with Crippen molar-refractivity contribution >= 4 is 32.2 Å². The third kappa shape index (κ3) is 13.6. The lowest BCUT2D eigenvalue weighted by molar-refractivity contribution is -0.344. The molecule has 0 saturated carbocycles. The number of nitrogens with one attached hydrogen (secondary N) is 1. The molecular weight excluding hydrogens is 669 g/mol. The summed E-state index contributed by atoms with van der Waals surface area (Å²) < 4.78 is 40.0. The molecule has 0 aliphatic rings. The summed E-state index contributed by atoms with van der Waals surface area (Å²) in [7, 11) is -1.93. The van der Waals surface area contributed by atoms with Gasteiger partial charge in [0.25, 0.3) is 5.91 Å². The average molecular weight is 724 g/mol. The summed E-state index contributed by atoms with van der Waals surface area (Å²) in [4.78, 5) is 38.8. The Kier molecular flexibility index (Phi) is 15.9. The first-order valence-electron chi connectivity index (χ1n) is 17.6. The molecule has 0 bridgehead atoms. The van der Waals surface area contributed by atoms with Crippen LogP contribution in [0.25, 0.3) is 11.1 Å². The molecule has 0 aromatic heterocycles. The highest BCUT2D eigenvalue weighted by Crippen LogP contribution is 2.33. The monoisotopic (exact) mass is 723 g/mol. The van der Waals surface area contributed by atoms with Crippen molar-refractivity contribution in [1.29, 1.82) is 0 Å².